The molecule has 0 fully saturated rings. The Morgan fingerprint density at radius 1 is 1.38 bits per heavy atom. The van der Waals surface area contributed by atoms with Crippen LogP contribution in [-0.2, 0) is 30.2 Å². The third-order valence-electron chi connectivity index (χ3n) is 3.06. The highest BCUT2D eigenvalue weighted by Crippen LogP contribution is 2.23. The first-order valence-corrected chi connectivity index (χ1v) is 9.67. The Morgan fingerprint density at radius 3 is 2.76 bits per heavy atom. The topological polar surface area (TPSA) is 63.1 Å². The quantitative estimate of drug-likeness (QED) is 0.761. The van der Waals surface area contributed by atoms with E-state index in [0.717, 1.165) is 21.6 Å². The second-order valence-electron chi connectivity index (χ2n) is 4.57. The molecule has 0 saturated carbocycles. The van der Waals surface area contributed by atoms with E-state index in [1.54, 1.807) is 12.3 Å². The minimum absolute atomic E-state index is 0.290. The molecular weight excluding hydrogens is 374 g/mol. The molecule has 0 aromatic carbocycles. The maximum Gasteiger partial charge on any atom is 0.242 e. The zero-order valence-corrected chi connectivity index (χ0v) is 15.1. The summed E-state index contributed by atoms with van der Waals surface area (Å²) in [5, 5.41) is 5.11. The largest absolute Gasteiger partial charge is 0.352 e. The van der Waals surface area contributed by atoms with Gasteiger partial charge in [0.1, 0.15) is 0 Å². The van der Waals surface area contributed by atoms with Gasteiger partial charge in [-0.25, -0.2) is 13.1 Å². The molecule has 8 heteroatoms. The van der Waals surface area contributed by atoms with Crippen LogP contribution in [0.1, 0.15) is 17.5 Å². The van der Waals surface area contributed by atoms with Crippen LogP contribution in [-0.4, -0.2) is 19.5 Å². The summed E-state index contributed by atoms with van der Waals surface area (Å²) < 4.78 is 30.0. The van der Waals surface area contributed by atoms with Crippen LogP contribution in [0, 0.1) is 0 Å². The molecule has 2 rings (SSSR count). The van der Waals surface area contributed by atoms with Crippen molar-refractivity contribution in [3.05, 3.63) is 38.8 Å². The molecule has 0 aliphatic heterocycles. The van der Waals surface area contributed by atoms with Crippen LogP contribution in [0.25, 0.3) is 0 Å². The summed E-state index contributed by atoms with van der Waals surface area (Å²) in [5.74, 6) is 0. The van der Waals surface area contributed by atoms with E-state index in [2.05, 4.69) is 26.0 Å². The third-order valence-corrected chi connectivity index (χ3v) is 6.36. The Hall–Kier alpha value is -0.670. The molecule has 0 bridgehead atoms. The van der Waals surface area contributed by atoms with Gasteiger partial charge < -0.3 is 9.88 Å². The fourth-order valence-corrected chi connectivity index (χ4v) is 4.46. The predicted molar refractivity (Wildman–Crippen MR) is 88.8 cm³/mol. The van der Waals surface area contributed by atoms with Crippen molar-refractivity contribution >= 4 is 37.3 Å². The van der Waals surface area contributed by atoms with Crippen LogP contribution in [0.15, 0.2) is 33.1 Å². The van der Waals surface area contributed by atoms with Crippen molar-refractivity contribution in [3.63, 3.8) is 0 Å². The SMILES string of the molecule is CCNCc1cc(S(=O)(=O)NCc2sccc2Br)cn1C. The van der Waals surface area contributed by atoms with E-state index in [-0.39, 0.29) is 6.54 Å². The van der Waals surface area contributed by atoms with Gasteiger partial charge in [-0.05, 0) is 40.0 Å². The Morgan fingerprint density at radius 2 is 2.14 bits per heavy atom. The smallest absolute Gasteiger partial charge is 0.242 e. The fraction of sp³-hybridized carbons (Fsp3) is 0.385. The number of thiophene rings is 1. The number of aromatic nitrogens is 1. The minimum atomic E-state index is -3.49. The van der Waals surface area contributed by atoms with Gasteiger partial charge in [-0.2, -0.15) is 0 Å². The highest BCUT2D eigenvalue weighted by Gasteiger charge is 2.18. The number of hydrogen-bond acceptors (Lipinski definition) is 4. The molecule has 0 aliphatic carbocycles. The first-order chi connectivity index (χ1) is 9.94. The zero-order valence-electron chi connectivity index (χ0n) is 11.9. The number of aryl methyl sites for hydroxylation is 1. The van der Waals surface area contributed by atoms with Crippen molar-refractivity contribution in [3.8, 4) is 0 Å². The maximum atomic E-state index is 12.3. The first kappa shape index (κ1) is 16.7. The average Bonchev–Trinajstić information content (AvgIpc) is 3.01. The van der Waals surface area contributed by atoms with Gasteiger partial charge in [-0.1, -0.05) is 6.92 Å². The number of nitrogens with zero attached hydrogens (tertiary/aromatic N) is 1. The molecule has 2 heterocycles. The Labute approximate surface area is 137 Å². The van der Waals surface area contributed by atoms with E-state index in [9.17, 15) is 8.42 Å². The summed E-state index contributed by atoms with van der Waals surface area (Å²) >= 11 is 4.91. The van der Waals surface area contributed by atoms with E-state index >= 15 is 0 Å². The Kier molecular flexibility index (Phi) is 5.61. The van der Waals surface area contributed by atoms with Gasteiger partial charge in [0, 0.05) is 41.4 Å². The second-order valence-corrected chi connectivity index (χ2v) is 8.20. The number of nitrogens with one attached hydrogen (secondary N) is 2. The third kappa shape index (κ3) is 4.17. The van der Waals surface area contributed by atoms with E-state index < -0.39 is 10.0 Å². The van der Waals surface area contributed by atoms with E-state index in [4.69, 9.17) is 0 Å². The van der Waals surface area contributed by atoms with Crippen molar-refractivity contribution in [2.45, 2.75) is 24.9 Å². The van der Waals surface area contributed by atoms with Crippen LogP contribution in [0.5, 0.6) is 0 Å². The molecule has 0 spiro atoms. The van der Waals surface area contributed by atoms with Crippen LogP contribution < -0.4 is 10.0 Å². The van der Waals surface area contributed by atoms with Gasteiger partial charge in [0.25, 0.3) is 0 Å². The summed E-state index contributed by atoms with van der Waals surface area (Å²) in [6, 6.07) is 3.61. The maximum absolute atomic E-state index is 12.3. The lowest BCUT2D eigenvalue weighted by atomic mass is 10.4. The van der Waals surface area contributed by atoms with Gasteiger partial charge >= 0.3 is 0 Å². The van der Waals surface area contributed by atoms with Gasteiger partial charge in [0.2, 0.25) is 10.0 Å². The Balaban J connectivity index is 2.10. The van der Waals surface area contributed by atoms with Crippen molar-refractivity contribution in [1.29, 1.82) is 0 Å². The molecule has 0 radical (unpaired) electrons. The van der Waals surface area contributed by atoms with Gasteiger partial charge in [0.05, 0.1) is 4.90 Å². The summed E-state index contributed by atoms with van der Waals surface area (Å²) in [4.78, 5) is 1.26. The number of rotatable bonds is 7. The van der Waals surface area contributed by atoms with Gasteiger partial charge in [-0.15, -0.1) is 11.3 Å². The molecule has 2 aromatic heterocycles. The van der Waals surface area contributed by atoms with Gasteiger partial charge in [0.15, 0.2) is 0 Å². The molecule has 0 saturated heterocycles. The summed E-state index contributed by atoms with van der Waals surface area (Å²) in [5.41, 5.74) is 0.939. The van der Waals surface area contributed by atoms with E-state index in [0.29, 0.717) is 11.4 Å². The molecule has 5 nitrogen and oxygen atoms in total. The molecule has 0 unspecified atom stereocenters. The van der Waals surface area contributed by atoms with Crippen molar-refractivity contribution in [2.75, 3.05) is 6.54 Å². The highest BCUT2D eigenvalue weighted by atomic mass is 79.9. The standard InChI is InChI=1S/C13H18BrN3O2S2/c1-3-15-7-10-6-11(9-17(10)2)21(18,19)16-8-13-12(14)4-5-20-13/h4-6,9,15-16H,3,7-8H2,1-2H3. The summed E-state index contributed by atoms with van der Waals surface area (Å²) in [6.07, 6.45) is 1.64. The summed E-state index contributed by atoms with van der Waals surface area (Å²) in [7, 11) is -1.64. The van der Waals surface area contributed by atoms with E-state index in [1.165, 1.54) is 11.3 Å². The minimum Gasteiger partial charge on any atom is -0.352 e. The van der Waals surface area contributed by atoms with Crippen LogP contribution in [0.3, 0.4) is 0 Å². The fourth-order valence-electron chi connectivity index (χ4n) is 1.85. The molecular formula is C13H18BrN3O2S2. The molecule has 2 aromatic rings. The molecule has 116 valence electrons. The molecule has 0 aliphatic rings. The number of sulfonamides is 1. The van der Waals surface area contributed by atoms with Crippen molar-refractivity contribution < 1.29 is 8.42 Å². The summed E-state index contributed by atoms with van der Waals surface area (Å²) in [6.45, 7) is 3.80. The highest BCUT2D eigenvalue weighted by molar-refractivity contribution is 9.10. The van der Waals surface area contributed by atoms with Crippen LogP contribution in [0.2, 0.25) is 0 Å². The second kappa shape index (κ2) is 7.06. The van der Waals surface area contributed by atoms with Crippen molar-refractivity contribution in [1.82, 2.24) is 14.6 Å². The average molecular weight is 392 g/mol. The van der Waals surface area contributed by atoms with Crippen LogP contribution in [0.4, 0.5) is 0 Å². The first-order valence-electron chi connectivity index (χ1n) is 6.51. The monoisotopic (exact) mass is 391 g/mol. The van der Waals surface area contributed by atoms with Crippen molar-refractivity contribution in [2.24, 2.45) is 7.05 Å². The number of hydrogen-bond donors (Lipinski definition) is 2. The molecule has 0 amide bonds. The van der Waals surface area contributed by atoms with E-state index in [1.807, 2.05) is 30.0 Å². The number of halogens is 1. The van der Waals surface area contributed by atoms with Gasteiger partial charge in [-0.3, -0.25) is 0 Å². The lowest BCUT2D eigenvalue weighted by Crippen LogP contribution is -2.22. The molecule has 2 N–H and O–H groups in total. The predicted octanol–water partition coefficient (Wildman–Crippen LogP) is 2.44. The van der Waals surface area contributed by atoms with Crippen LogP contribution >= 0.6 is 27.3 Å². The Bertz CT molecular complexity index is 707. The lowest BCUT2D eigenvalue weighted by molar-refractivity contribution is 0.581. The molecule has 21 heavy (non-hydrogen) atoms. The lowest BCUT2D eigenvalue weighted by Gasteiger charge is -2.03. The zero-order chi connectivity index (χ0) is 15.5. The molecule has 0 atom stereocenters. The normalized spacial score (nSPS) is 12.0.